The highest BCUT2D eigenvalue weighted by atomic mass is 35.5. The highest BCUT2D eigenvalue weighted by Gasteiger charge is 2.36. The molecule has 0 spiro atoms. The minimum absolute atomic E-state index is 0.0337. The van der Waals surface area contributed by atoms with Gasteiger partial charge in [-0.15, -0.1) is 0 Å². The van der Waals surface area contributed by atoms with Crippen molar-refractivity contribution >= 4 is 34.4 Å². The van der Waals surface area contributed by atoms with E-state index in [4.69, 9.17) is 17.3 Å². The number of halogens is 1. The molecule has 0 radical (unpaired) electrons. The van der Waals surface area contributed by atoms with Crippen LogP contribution in [0.15, 0.2) is 42.9 Å². The molecule has 1 aliphatic heterocycles. The molecule has 2 aromatic heterocycles. The molecule has 4 N–H and O–H groups in total. The van der Waals surface area contributed by atoms with Crippen LogP contribution in [0.5, 0.6) is 0 Å². The number of nitrogens with one attached hydrogen (secondary N) is 2. The quantitative estimate of drug-likeness (QED) is 0.560. The first-order chi connectivity index (χ1) is 14.5. The Bertz CT molecular complexity index is 1010. The summed E-state index contributed by atoms with van der Waals surface area (Å²) in [5.74, 6) is 0.971. The van der Waals surface area contributed by atoms with Crippen molar-refractivity contribution in [1.29, 1.82) is 0 Å². The summed E-state index contributed by atoms with van der Waals surface area (Å²) in [6.07, 6.45) is 5.59. The van der Waals surface area contributed by atoms with Crippen molar-refractivity contribution in [3.63, 3.8) is 0 Å². The number of benzene rings is 1. The van der Waals surface area contributed by atoms with Crippen LogP contribution in [-0.2, 0) is 4.79 Å². The van der Waals surface area contributed by atoms with E-state index in [9.17, 15) is 4.79 Å². The van der Waals surface area contributed by atoms with Crippen molar-refractivity contribution < 1.29 is 4.79 Å². The fourth-order valence-corrected chi connectivity index (χ4v) is 4.35. The molecule has 8 heteroatoms. The Morgan fingerprint density at radius 1 is 1.27 bits per heavy atom. The Kier molecular flexibility index (Phi) is 5.92. The number of piperidine rings is 1. The molecule has 3 heterocycles. The molecule has 1 amide bonds. The van der Waals surface area contributed by atoms with Crippen molar-refractivity contribution in [1.82, 2.24) is 20.3 Å². The summed E-state index contributed by atoms with van der Waals surface area (Å²) in [6, 6.07) is 9.48. The van der Waals surface area contributed by atoms with Gasteiger partial charge in [-0.3, -0.25) is 4.79 Å². The summed E-state index contributed by atoms with van der Waals surface area (Å²) < 4.78 is 0. The molecule has 7 nitrogen and oxygen atoms in total. The number of H-pyrrole nitrogens is 1. The van der Waals surface area contributed by atoms with Gasteiger partial charge in [-0.1, -0.05) is 23.7 Å². The van der Waals surface area contributed by atoms with E-state index in [2.05, 4.69) is 25.2 Å². The molecule has 30 heavy (non-hydrogen) atoms. The lowest BCUT2D eigenvalue weighted by atomic mass is 9.75. The number of hydrogen-bond donors (Lipinski definition) is 3. The molecule has 0 saturated carbocycles. The number of nitrogens with zero attached hydrogens (tertiary/aromatic N) is 3. The number of carbonyl (C=O) groups is 1. The number of nitrogens with two attached hydrogens (primary N) is 1. The molecule has 1 atom stereocenters. The zero-order chi connectivity index (χ0) is 21.1. The molecule has 0 bridgehead atoms. The SMILES string of the molecule is C[C@@H](NC(=O)CC1(CN)CCN(c2ncnc3[nH]ccc23)CC1)c1ccc(Cl)cc1. The molecule has 0 unspecified atom stereocenters. The van der Waals surface area contributed by atoms with Crippen LogP contribution in [-0.4, -0.2) is 40.5 Å². The van der Waals surface area contributed by atoms with Gasteiger partial charge in [0, 0.05) is 30.7 Å². The number of aromatic amines is 1. The Balaban J connectivity index is 1.38. The number of fused-ring (bicyclic) bond motifs is 1. The molecule has 1 aliphatic rings. The topological polar surface area (TPSA) is 99.9 Å². The average Bonchev–Trinajstić information content (AvgIpc) is 3.23. The van der Waals surface area contributed by atoms with Crippen LogP contribution in [0, 0.1) is 5.41 Å². The Labute approximate surface area is 181 Å². The highest BCUT2D eigenvalue weighted by molar-refractivity contribution is 6.30. The van der Waals surface area contributed by atoms with E-state index < -0.39 is 0 Å². The molecule has 4 rings (SSSR count). The Morgan fingerprint density at radius 3 is 2.70 bits per heavy atom. The predicted molar refractivity (Wildman–Crippen MR) is 119 cm³/mol. The van der Waals surface area contributed by atoms with E-state index in [0.29, 0.717) is 18.0 Å². The number of anilines is 1. The fraction of sp³-hybridized carbons (Fsp3) is 0.409. The lowest BCUT2D eigenvalue weighted by Gasteiger charge is -2.41. The molecule has 1 saturated heterocycles. The first-order valence-corrected chi connectivity index (χ1v) is 10.7. The van der Waals surface area contributed by atoms with Crippen LogP contribution < -0.4 is 16.0 Å². The predicted octanol–water partition coefficient (Wildman–Crippen LogP) is 3.42. The summed E-state index contributed by atoms with van der Waals surface area (Å²) in [5, 5.41) is 4.82. The third kappa shape index (κ3) is 4.27. The van der Waals surface area contributed by atoms with E-state index in [-0.39, 0.29) is 17.4 Å². The van der Waals surface area contributed by atoms with Crippen LogP contribution in [0.2, 0.25) is 5.02 Å². The number of amides is 1. The third-order valence-electron chi connectivity index (χ3n) is 6.17. The minimum Gasteiger partial charge on any atom is -0.356 e. The summed E-state index contributed by atoms with van der Waals surface area (Å²) in [5.41, 5.74) is 7.84. The minimum atomic E-state index is -0.190. The second-order valence-corrected chi connectivity index (χ2v) is 8.58. The van der Waals surface area contributed by atoms with E-state index in [0.717, 1.165) is 48.3 Å². The Morgan fingerprint density at radius 2 is 2.00 bits per heavy atom. The van der Waals surface area contributed by atoms with E-state index >= 15 is 0 Å². The van der Waals surface area contributed by atoms with Crippen molar-refractivity contribution in [2.75, 3.05) is 24.5 Å². The molecule has 3 aromatic rings. The van der Waals surface area contributed by atoms with Gasteiger partial charge in [0.2, 0.25) is 5.91 Å². The van der Waals surface area contributed by atoms with Gasteiger partial charge in [-0.2, -0.15) is 0 Å². The first-order valence-electron chi connectivity index (χ1n) is 10.3. The van der Waals surface area contributed by atoms with Crippen LogP contribution in [0.1, 0.15) is 37.8 Å². The maximum absolute atomic E-state index is 12.8. The van der Waals surface area contributed by atoms with Crippen molar-refractivity contribution in [2.45, 2.75) is 32.2 Å². The van der Waals surface area contributed by atoms with Crippen molar-refractivity contribution in [2.24, 2.45) is 11.1 Å². The van der Waals surface area contributed by atoms with Gasteiger partial charge in [0.15, 0.2) is 0 Å². The number of hydrogen-bond acceptors (Lipinski definition) is 5. The number of carbonyl (C=O) groups excluding carboxylic acids is 1. The number of rotatable bonds is 6. The van der Waals surface area contributed by atoms with E-state index in [1.54, 1.807) is 6.33 Å². The van der Waals surface area contributed by atoms with Gasteiger partial charge < -0.3 is 20.9 Å². The van der Waals surface area contributed by atoms with Crippen molar-refractivity contribution in [3.05, 3.63) is 53.4 Å². The zero-order valence-electron chi connectivity index (χ0n) is 17.1. The maximum atomic E-state index is 12.8. The van der Waals surface area contributed by atoms with Gasteiger partial charge in [0.1, 0.15) is 17.8 Å². The molecule has 1 aromatic carbocycles. The summed E-state index contributed by atoms with van der Waals surface area (Å²) in [6.45, 7) is 4.10. The summed E-state index contributed by atoms with van der Waals surface area (Å²) in [7, 11) is 0. The monoisotopic (exact) mass is 426 g/mol. The maximum Gasteiger partial charge on any atom is 0.221 e. The largest absolute Gasteiger partial charge is 0.356 e. The molecule has 158 valence electrons. The van der Waals surface area contributed by atoms with Crippen LogP contribution in [0.25, 0.3) is 11.0 Å². The van der Waals surface area contributed by atoms with Gasteiger partial charge >= 0.3 is 0 Å². The number of aromatic nitrogens is 3. The normalized spacial score (nSPS) is 17.1. The van der Waals surface area contributed by atoms with Gasteiger partial charge in [-0.05, 0) is 55.5 Å². The lowest BCUT2D eigenvalue weighted by molar-refractivity contribution is -0.124. The van der Waals surface area contributed by atoms with E-state index in [1.165, 1.54) is 0 Å². The summed E-state index contributed by atoms with van der Waals surface area (Å²) in [4.78, 5) is 26.9. The van der Waals surface area contributed by atoms with Crippen LogP contribution >= 0.6 is 11.6 Å². The van der Waals surface area contributed by atoms with Crippen molar-refractivity contribution in [3.8, 4) is 0 Å². The Hall–Kier alpha value is -2.64. The second kappa shape index (κ2) is 8.62. The molecular weight excluding hydrogens is 400 g/mol. The van der Waals surface area contributed by atoms with Crippen LogP contribution in [0.3, 0.4) is 0 Å². The zero-order valence-corrected chi connectivity index (χ0v) is 17.8. The van der Waals surface area contributed by atoms with Gasteiger partial charge in [0.25, 0.3) is 0 Å². The summed E-state index contributed by atoms with van der Waals surface area (Å²) >= 11 is 5.95. The van der Waals surface area contributed by atoms with Gasteiger partial charge in [-0.25, -0.2) is 9.97 Å². The first kappa shape index (κ1) is 20.6. The van der Waals surface area contributed by atoms with Crippen LogP contribution in [0.4, 0.5) is 5.82 Å². The standard InChI is InChI=1S/C22H27ClN6O/c1-15(16-2-4-17(23)5-3-16)28-19(30)12-22(13-24)7-10-29(11-8-22)21-18-6-9-25-20(18)26-14-27-21/h2-6,9,14-15H,7-8,10-13,24H2,1H3,(H,28,30)(H,25,26,27)/t15-/m1/s1. The van der Waals surface area contributed by atoms with Gasteiger partial charge in [0.05, 0.1) is 11.4 Å². The second-order valence-electron chi connectivity index (χ2n) is 8.15. The molecule has 1 fully saturated rings. The molecule has 0 aliphatic carbocycles. The average molecular weight is 427 g/mol. The smallest absolute Gasteiger partial charge is 0.221 e. The third-order valence-corrected chi connectivity index (χ3v) is 6.42. The highest BCUT2D eigenvalue weighted by Crippen LogP contribution is 2.36. The molecular formula is C22H27ClN6O. The lowest BCUT2D eigenvalue weighted by Crippen LogP contribution is -2.46. The fourth-order valence-electron chi connectivity index (χ4n) is 4.22. The van der Waals surface area contributed by atoms with E-state index in [1.807, 2.05) is 43.5 Å².